The van der Waals surface area contributed by atoms with Crippen molar-refractivity contribution in [2.45, 2.75) is 32.8 Å². The maximum Gasteiger partial charge on any atom is 0.262 e. The minimum atomic E-state index is -0.418. The number of aromatic nitrogens is 2. The zero-order valence-corrected chi connectivity index (χ0v) is 20.1. The van der Waals surface area contributed by atoms with Crippen LogP contribution in [0.2, 0.25) is 0 Å². The van der Waals surface area contributed by atoms with E-state index in [-0.39, 0.29) is 11.7 Å². The third-order valence-corrected chi connectivity index (χ3v) is 5.65. The largest absolute Gasteiger partial charge is 0.493 e. The molecule has 7 nitrogen and oxygen atoms in total. The first-order valence-electron chi connectivity index (χ1n) is 11.9. The highest BCUT2D eigenvalue weighted by atomic mass is 16.5. The van der Waals surface area contributed by atoms with E-state index >= 15 is 0 Å². The fraction of sp³-hybridized carbons (Fsp3) is 0.321. The molecule has 35 heavy (non-hydrogen) atoms. The van der Waals surface area contributed by atoms with Gasteiger partial charge in [-0.05, 0) is 61.2 Å². The van der Waals surface area contributed by atoms with Gasteiger partial charge < -0.3 is 14.8 Å². The lowest BCUT2D eigenvalue weighted by atomic mass is 10.1. The summed E-state index contributed by atoms with van der Waals surface area (Å²) in [4.78, 5) is 12.7. The molecule has 7 heteroatoms. The van der Waals surface area contributed by atoms with Crippen LogP contribution in [0.5, 0.6) is 5.75 Å². The Morgan fingerprint density at radius 3 is 2.69 bits per heavy atom. The highest BCUT2D eigenvalue weighted by molar-refractivity contribution is 6.02. The quantitative estimate of drug-likeness (QED) is 0.359. The Morgan fingerprint density at radius 2 is 2.03 bits per heavy atom. The highest BCUT2D eigenvalue weighted by Gasteiger charge is 2.19. The molecule has 0 spiro atoms. The minimum Gasteiger partial charge on any atom is -0.493 e. The molecule has 3 aromatic rings. The average molecular weight is 471 g/mol. The van der Waals surface area contributed by atoms with E-state index in [1.165, 1.54) is 0 Å². The van der Waals surface area contributed by atoms with Crippen molar-refractivity contribution in [1.29, 1.82) is 5.26 Å². The van der Waals surface area contributed by atoms with Crippen LogP contribution in [-0.4, -0.2) is 41.6 Å². The number of ether oxygens (including phenoxy) is 2. The molecule has 1 saturated heterocycles. The standard InChI is InChI=1S/C28H30N4O3/c1-20(2)19-35-25-12-10-21(11-13-25)27-23(18-32(31-27)24-7-4-3-5-8-24)15-22(16-29)28(33)30-17-26-9-6-14-34-26/h3-5,7-8,10-13,15,18,20,26H,6,9,14,17,19H2,1-2H3,(H,30,33). The van der Waals surface area contributed by atoms with Crippen LogP contribution in [0.3, 0.4) is 0 Å². The van der Waals surface area contributed by atoms with Gasteiger partial charge in [0, 0.05) is 30.5 Å². The van der Waals surface area contributed by atoms with Gasteiger partial charge in [0.05, 0.1) is 24.1 Å². The fourth-order valence-corrected chi connectivity index (χ4v) is 3.81. The number of nitrogens with zero attached hydrogens (tertiary/aromatic N) is 3. The SMILES string of the molecule is CC(C)COc1ccc(-c2nn(-c3ccccc3)cc2C=C(C#N)C(=O)NCC2CCCO2)cc1. The van der Waals surface area contributed by atoms with Crippen molar-refractivity contribution in [3.8, 4) is 28.8 Å². The van der Waals surface area contributed by atoms with Gasteiger partial charge in [-0.2, -0.15) is 10.4 Å². The van der Waals surface area contributed by atoms with Gasteiger partial charge in [0.15, 0.2) is 0 Å². The molecule has 1 aliphatic rings. The van der Waals surface area contributed by atoms with Crippen LogP contribution in [0.25, 0.3) is 23.0 Å². The molecule has 1 N–H and O–H groups in total. The van der Waals surface area contributed by atoms with Gasteiger partial charge in [0.2, 0.25) is 0 Å². The molecular formula is C28H30N4O3. The zero-order chi connectivity index (χ0) is 24.6. The van der Waals surface area contributed by atoms with Gasteiger partial charge in [-0.1, -0.05) is 32.0 Å². The van der Waals surface area contributed by atoms with Crippen LogP contribution in [-0.2, 0) is 9.53 Å². The molecule has 1 fully saturated rings. The van der Waals surface area contributed by atoms with E-state index in [1.54, 1.807) is 10.8 Å². The van der Waals surface area contributed by atoms with Gasteiger partial charge in [-0.3, -0.25) is 4.79 Å². The monoisotopic (exact) mass is 470 g/mol. The molecule has 0 saturated carbocycles. The average Bonchev–Trinajstić information content (AvgIpc) is 3.55. The molecule has 1 unspecified atom stereocenters. The summed E-state index contributed by atoms with van der Waals surface area (Å²) in [6.07, 6.45) is 5.34. The molecule has 180 valence electrons. The van der Waals surface area contributed by atoms with Gasteiger partial charge in [-0.25, -0.2) is 4.68 Å². The number of carbonyl (C=O) groups excluding carboxylic acids is 1. The summed E-state index contributed by atoms with van der Waals surface area (Å²) in [5.74, 6) is 0.802. The third-order valence-electron chi connectivity index (χ3n) is 5.65. The van der Waals surface area contributed by atoms with E-state index in [9.17, 15) is 10.1 Å². The second kappa shape index (κ2) is 11.5. The Balaban J connectivity index is 1.63. The van der Waals surface area contributed by atoms with Crippen molar-refractivity contribution in [1.82, 2.24) is 15.1 Å². The molecule has 1 aliphatic heterocycles. The Morgan fingerprint density at radius 1 is 1.26 bits per heavy atom. The summed E-state index contributed by atoms with van der Waals surface area (Å²) in [5, 5.41) is 17.3. The van der Waals surface area contributed by atoms with E-state index in [0.29, 0.717) is 36.9 Å². The van der Waals surface area contributed by atoms with E-state index in [2.05, 4.69) is 19.2 Å². The van der Waals surface area contributed by atoms with Crippen LogP contribution in [0, 0.1) is 17.2 Å². The van der Waals surface area contributed by atoms with Crippen molar-refractivity contribution in [2.24, 2.45) is 5.92 Å². The molecule has 2 heterocycles. The van der Waals surface area contributed by atoms with Crippen molar-refractivity contribution in [3.05, 3.63) is 71.9 Å². The summed E-state index contributed by atoms with van der Waals surface area (Å²) in [6.45, 7) is 5.96. The zero-order valence-electron chi connectivity index (χ0n) is 20.1. The Hall–Kier alpha value is -3.89. The van der Waals surface area contributed by atoms with Crippen LogP contribution in [0.4, 0.5) is 0 Å². The van der Waals surface area contributed by atoms with Crippen LogP contribution in [0.1, 0.15) is 32.3 Å². The number of carbonyl (C=O) groups is 1. The number of hydrogen-bond acceptors (Lipinski definition) is 5. The number of hydrogen-bond donors (Lipinski definition) is 1. The number of nitrogens with one attached hydrogen (secondary N) is 1. The molecule has 1 aromatic heterocycles. The second-order valence-corrected chi connectivity index (χ2v) is 8.96. The number of rotatable bonds is 9. The lowest BCUT2D eigenvalue weighted by Crippen LogP contribution is -2.32. The first-order chi connectivity index (χ1) is 17.0. The van der Waals surface area contributed by atoms with Crippen LogP contribution < -0.4 is 10.1 Å². The van der Waals surface area contributed by atoms with Crippen molar-refractivity contribution in [2.75, 3.05) is 19.8 Å². The van der Waals surface area contributed by atoms with E-state index in [1.807, 2.05) is 66.9 Å². The summed E-state index contributed by atoms with van der Waals surface area (Å²) in [5.41, 5.74) is 3.11. The smallest absolute Gasteiger partial charge is 0.262 e. The summed E-state index contributed by atoms with van der Waals surface area (Å²) in [7, 11) is 0. The normalized spacial score (nSPS) is 15.7. The van der Waals surface area contributed by atoms with E-state index in [0.717, 1.165) is 29.8 Å². The molecule has 4 rings (SSSR count). The van der Waals surface area contributed by atoms with Crippen LogP contribution >= 0.6 is 0 Å². The lowest BCUT2D eigenvalue weighted by molar-refractivity contribution is -0.117. The predicted octanol–water partition coefficient (Wildman–Crippen LogP) is 4.78. The van der Waals surface area contributed by atoms with Gasteiger partial charge >= 0.3 is 0 Å². The number of amides is 1. The molecule has 0 radical (unpaired) electrons. The fourth-order valence-electron chi connectivity index (χ4n) is 3.81. The Bertz CT molecular complexity index is 1200. The van der Waals surface area contributed by atoms with Crippen molar-refractivity contribution >= 4 is 12.0 Å². The molecule has 1 atom stereocenters. The van der Waals surface area contributed by atoms with E-state index in [4.69, 9.17) is 14.6 Å². The number of benzene rings is 2. The summed E-state index contributed by atoms with van der Waals surface area (Å²) >= 11 is 0. The van der Waals surface area contributed by atoms with Crippen LogP contribution in [0.15, 0.2) is 66.4 Å². The predicted molar refractivity (Wildman–Crippen MR) is 135 cm³/mol. The summed E-state index contributed by atoms with van der Waals surface area (Å²) in [6, 6.07) is 19.5. The van der Waals surface area contributed by atoms with E-state index < -0.39 is 5.91 Å². The first kappa shape index (κ1) is 24.2. The first-order valence-corrected chi connectivity index (χ1v) is 11.9. The van der Waals surface area contributed by atoms with Crippen molar-refractivity contribution < 1.29 is 14.3 Å². The molecule has 0 bridgehead atoms. The second-order valence-electron chi connectivity index (χ2n) is 8.96. The van der Waals surface area contributed by atoms with Gasteiger partial charge in [-0.15, -0.1) is 0 Å². The maximum absolute atomic E-state index is 12.7. The molecule has 1 amide bonds. The van der Waals surface area contributed by atoms with Crippen molar-refractivity contribution in [3.63, 3.8) is 0 Å². The number of para-hydroxylation sites is 1. The molecule has 2 aromatic carbocycles. The molecular weight excluding hydrogens is 440 g/mol. The summed E-state index contributed by atoms with van der Waals surface area (Å²) < 4.78 is 13.1. The maximum atomic E-state index is 12.7. The number of nitriles is 1. The third kappa shape index (κ3) is 6.37. The highest BCUT2D eigenvalue weighted by Crippen LogP contribution is 2.28. The minimum absolute atomic E-state index is 0.00622. The Labute approximate surface area is 206 Å². The topological polar surface area (TPSA) is 89.2 Å². The molecule has 0 aliphatic carbocycles. The Kier molecular flexibility index (Phi) is 7.96. The van der Waals surface area contributed by atoms with Gasteiger partial charge in [0.1, 0.15) is 17.4 Å². The lowest BCUT2D eigenvalue weighted by Gasteiger charge is -2.10. The van der Waals surface area contributed by atoms with Gasteiger partial charge in [0.25, 0.3) is 5.91 Å².